The second-order valence-corrected chi connectivity index (χ2v) is 5.33. The first-order valence-corrected chi connectivity index (χ1v) is 8.09. The molecule has 0 aromatic heterocycles. The van der Waals surface area contributed by atoms with Gasteiger partial charge < -0.3 is 19.1 Å². The summed E-state index contributed by atoms with van der Waals surface area (Å²) < 4.78 is 16.1. The third kappa shape index (κ3) is 4.48. The van der Waals surface area contributed by atoms with Crippen LogP contribution in [0.1, 0.15) is 25.8 Å². The Balaban J connectivity index is 1.99. The first-order chi connectivity index (χ1) is 11.2. The fraction of sp³-hybridized carbons (Fsp3) is 0.500. The minimum absolute atomic E-state index is 0.214. The molecular formula is C18H25NO4. The van der Waals surface area contributed by atoms with Crippen molar-refractivity contribution in [3.8, 4) is 5.75 Å². The van der Waals surface area contributed by atoms with E-state index in [4.69, 9.17) is 14.2 Å². The van der Waals surface area contributed by atoms with Crippen LogP contribution in [0, 0.1) is 0 Å². The lowest BCUT2D eigenvalue weighted by Gasteiger charge is -2.17. The zero-order valence-electron chi connectivity index (χ0n) is 14.1. The molecule has 1 aromatic carbocycles. The quantitative estimate of drug-likeness (QED) is 0.517. The van der Waals surface area contributed by atoms with Crippen molar-refractivity contribution in [2.45, 2.75) is 20.3 Å². The average Bonchev–Trinajstić information content (AvgIpc) is 2.96. The molecule has 0 aliphatic carbocycles. The zero-order chi connectivity index (χ0) is 16.7. The summed E-state index contributed by atoms with van der Waals surface area (Å²) in [4.78, 5) is 14.3. The van der Waals surface area contributed by atoms with Gasteiger partial charge in [0.05, 0.1) is 13.7 Å². The van der Waals surface area contributed by atoms with Crippen molar-refractivity contribution in [3.05, 3.63) is 35.6 Å². The number of cyclic esters (lactones) is 1. The standard InChI is InChI=1S/C18H25NO4/c1-4-19(5-2)11-6-12-22-16-13-23-18(20)17(16)14-7-9-15(21-3)10-8-14/h7-10H,4-6,11-13H2,1-3H3. The molecule has 0 radical (unpaired) electrons. The van der Waals surface area contributed by atoms with Gasteiger partial charge >= 0.3 is 5.97 Å². The predicted molar refractivity (Wildman–Crippen MR) is 89.2 cm³/mol. The summed E-state index contributed by atoms with van der Waals surface area (Å²) in [6.07, 6.45) is 0.926. The first kappa shape index (κ1) is 17.3. The Morgan fingerprint density at radius 1 is 1.17 bits per heavy atom. The number of ether oxygens (including phenoxy) is 3. The highest BCUT2D eigenvalue weighted by molar-refractivity contribution is 6.18. The largest absolute Gasteiger partial charge is 0.497 e. The number of carbonyl (C=O) groups is 1. The van der Waals surface area contributed by atoms with Gasteiger partial charge in [-0.1, -0.05) is 26.0 Å². The van der Waals surface area contributed by atoms with Gasteiger partial charge in [0.1, 0.15) is 23.7 Å². The van der Waals surface area contributed by atoms with E-state index >= 15 is 0 Å². The first-order valence-electron chi connectivity index (χ1n) is 8.09. The van der Waals surface area contributed by atoms with E-state index < -0.39 is 0 Å². The number of rotatable bonds is 9. The number of methoxy groups -OCH3 is 1. The molecule has 5 nitrogen and oxygen atoms in total. The maximum absolute atomic E-state index is 12.0. The number of esters is 1. The average molecular weight is 319 g/mol. The molecule has 0 bridgehead atoms. The normalized spacial score (nSPS) is 14.3. The number of nitrogens with zero attached hydrogens (tertiary/aromatic N) is 1. The van der Waals surface area contributed by atoms with Crippen LogP contribution in [0.5, 0.6) is 5.75 Å². The Bertz CT molecular complexity index is 547. The Morgan fingerprint density at radius 3 is 2.48 bits per heavy atom. The van der Waals surface area contributed by atoms with Gasteiger partial charge in [-0.25, -0.2) is 4.79 Å². The Kier molecular flexibility index (Phi) is 6.47. The third-order valence-corrected chi connectivity index (χ3v) is 3.99. The maximum atomic E-state index is 12.0. The van der Waals surface area contributed by atoms with Crippen molar-refractivity contribution < 1.29 is 19.0 Å². The molecule has 1 aliphatic rings. The second-order valence-electron chi connectivity index (χ2n) is 5.33. The number of carbonyl (C=O) groups excluding carboxylic acids is 1. The highest BCUT2D eigenvalue weighted by atomic mass is 16.6. The van der Waals surface area contributed by atoms with E-state index in [0.29, 0.717) is 17.9 Å². The number of hydrogen-bond donors (Lipinski definition) is 0. The van der Waals surface area contributed by atoms with E-state index in [9.17, 15) is 4.79 Å². The van der Waals surface area contributed by atoms with Crippen LogP contribution in [0.15, 0.2) is 30.0 Å². The fourth-order valence-electron chi connectivity index (χ4n) is 2.56. The second kappa shape index (κ2) is 8.58. The molecule has 0 spiro atoms. The summed E-state index contributed by atoms with van der Waals surface area (Å²) in [5.41, 5.74) is 1.32. The Hall–Kier alpha value is -2.01. The zero-order valence-corrected chi connectivity index (χ0v) is 14.1. The van der Waals surface area contributed by atoms with Crippen molar-refractivity contribution in [2.24, 2.45) is 0 Å². The van der Waals surface area contributed by atoms with Gasteiger partial charge in [0.2, 0.25) is 0 Å². The topological polar surface area (TPSA) is 48.0 Å². The summed E-state index contributed by atoms with van der Waals surface area (Å²) in [6.45, 7) is 8.17. The van der Waals surface area contributed by atoms with Gasteiger partial charge in [-0.3, -0.25) is 0 Å². The lowest BCUT2D eigenvalue weighted by molar-refractivity contribution is -0.134. The van der Waals surface area contributed by atoms with Crippen LogP contribution in [0.4, 0.5) is 0 Å². The molecule has 0 atom stereocenters. The molecule has 0 saturated heterocycles. The van der Waals surface area contributed by atoms with Crippen molar-refractivity contribution >= 4 is 11.5 Å². The maximum Gasteiger partial charge on any atom is 0.342 e. The van der Waals surface area contributed by atoms with E-state index in [1.807, 2.05) is 24.3 Å². The molecule has 23 heavy (non-hydrogen) atoms. The van der Waals surface area contributed by atoms with E-state index in [1.165, 1.54) is 0 Å². The van der Waals surface area contributed by atoms with Crippen LogP contribution in [0.2, 0.25) is 0 Å². The molecule has 0 saturated carbocycles. The molecule has 1 aliphatic heterocycles. The Labute approximate surface area is 137 Å². The summed E-state index contributed by atoms with van der Waals surface area (Å²) in [5, 5.41) is 0. The minimum Gasteiger partial charge on any atom is -0.497 e. The van der Waals surface area contributed by atoms with E-state index in [2.05, 4.69) is 18.7 Å². The highest BCUT2D eigenvalue weighted by Gasteiger charge is 2.27. The molecule has 0 amide bonds. The van der Waals surface area contributed by atoms with Gasteiger partial charge in [0.25, 0.3) is 0 Å². The third-order valence-electron chi connectivity index (χ3n) is 3.99. The monoisotopic (exact) mass is 319 g/mol. The van der Waals surface area contributed by atoms with Crippen molar-refractivity contribution in [1.82, 2.24) is 4.90 Å². The number of hydrogen-bond acceptors (Lipinski definition) is 5. The highest BCUT2D eigenvalue weighted by Crippen LogP contribution is 2.28. The molecule has 0 unspecified atom stereocenters. The van der Waals surface area contributed by atoms with Crippen molar-refractivity contribution in [1.29, 1.82) is 0 Å². The van der Waals surface area contributed by atoms with Crippen LogP contribution in [0.3, 0.4) is 0 Å². The molecule has 0 fully saturated rings. The van der Waals surface area contributed by atoms with Crippen LogP contribution in [-0.4, -0.2) is 50.8 Å². The van der Waals surface area contributed by atoms with E-state index in [-0.39, 0.29) is 12.6 Å². The summed E-state index contributed by atoms with van der Waals surface area (Å²) in [7, 11) is 1.61. The molecule has 126 valence electrons. The fourth-order valence-corrected chi connectivity index (χ4v) is 2.56. The summed E-state index contributed by atoms with van der Waals surface area (Å²) >= 11 is 0. The van der Waals surface area contributed by atoms with E-state index in [1.54, 1.807) is 7.11 Å². The lowest BCUT2D eigenvalue weighted by atomic mass is 10.1. The van der Waals surface area contributed by atoms with Gasteiger partial charge in [-0.2, -0.15) is 0 Å². The van der Waals surface area contributed by atoms with Gasteiger partial charge in [-0.05, 0) is 37.2 Å². The van der Waals surface area contributed by atoms with Crippen LogP contribution in [0.25, 0.3) is 5.57 Å². The van der Waals surface area contributed by atoms with Gasteiger partial charge in [-0.15, -0.1) is 0 Å². The molecule has 1 aromatic rings. The molecule has 5 heteroatoms. The van der Waals surface area contributed by atoms with Crippen molar-refractivity contribution in [3.63, 3.8) is 0 Å². The lowest BCUT2D eigenvalue weighted by Crippen LogP contribution is -2.24. The van der Waals surface area contributed by atoms with Gasteiger partial charge in [0.15, 0.2) is 0 Å². The van der Waals surface area contributed by atoms with E-state index in [0.717, 1.165) is 37.4 Å². The smallest absolute Gasteiger partial charge is 0.342 e. The SMILES string of the molecule is CCN(CC)CCCOC1=C(c2ccc(OC)cc2)C(=O)OC1. The summed E-state index contributed by atoms with van der Waals surface area (Å²) in [6, 6.07) is 7.35. The molecular weight excluding hydrogens is 294 g/mol. The van der Waals surface area contributed by atoms with Crippen LogP contribution < -0.4 is 4.74 Å². The van der Waals surface area contributed by atoms with Gasteiger partial charge in [0, 0.05) is 6.54 Å². The molecule has 0 N–H and O–H groups in total. The predicted octanol–water partition coefficient (Wildman–Crippen LogP) is 2.71. The minimum atomic E-state index is -0.325. The number of benzene rings is 1. The van der Waals surface area contributed by atoms with Crippen LogP contribution >= 0.6 is 0 Å². The van der Waals surface area contributed by atoms with Crippen LogP contribution in [-0.2, 0) is 14.3 Å². The Morgan fingerprint density at radius 2 is 1.87 bits per heavy atom. The molecule has 1 heterocycles. The summed E-state index contributed by atoms with van der Waals surface area (Å²) in [5.74, 6) is 1.05. The van der Waals surface area contributed by atoms with Crippen molar-refractivity contribution in [2.75, 3.05) is 40.0 Å². The molecule has 2 rings (SSSR count).